The van der Waals surface area contributed by atoms with Crippen LogP contribution in [0.2, 0.25) is 0 Å². The number of fused-ring (bicyclic) bond motifs is 1. The number of hydrogen-bond acceptors (Lipinski definition) is 6. The number of allylic oxidation sites excluding steroid dienone is 2. The van der Waals surface area contributed by atoms with E-state index in [-0.39, 0.29) is 11.8 Å². The van der Waals surface area contributed by atoms with E-state index in [1.165, 1.54) is 6.33 Å². The number of Topliss-reactive ketones (excluding diaryl/α,β-unsaturated/α-hetero) is 1. The summed E-state index contributed by atoms with van der Waals surface area (Å²) in [6.07, 6.45) is 10.0. The van der Waals surface area contributed by atoms with Crippen LogP contribution in [-0.2, 0) is 11.3 Å². The lowest BCUT2D eigenvalue weighted by Gasteiger charge is -2.18. The number of carbonyl (C=O) groups is 1. The molecule has 160 valence electrons. The van der Waals surface area contributed by atoms with E-state index in [1.54, 1.807) is 11.4 Å². The summed E-state index contributed by atoms with van der Waals surface area (Å²) < 4.78 is 1.73. The number of imidazole rings is 1. The molecule has 0 radical (unpaired) electrons. The number of aromatic nitrogens is 6. The molecule has 0 fully saturated rings. The minimum absolute atomic E-state index is 0.0829. The van der Waals surface area contributed by atoms with Gasteiger partial charge in [-0.15, -0.1) is 0 Å². The van der Waals surface area contributed by atoms with Crippen LogP contribution in [0, 0.1) is 6.92 Å². The van der Waals surface area contributed by atoms with Crippen LogP contribution in [0.15, 0.2) is 66.7 Å². The predicted molar refractivity (Wildman–Crippen MR) is 122 cm³/mol. The Morgan fingerprint density at radius 2 is 2.16 bits per heavy atom. The van der Waals surface area contributed by atoms with E-state index in [1.807, 2.05) is 55.6 Å². The van der Waals surface area contributed by atoms with Crippen molar-refractivity contribution in [1.82, 2.24) is 34.9 Å². The Kier molecular flexibility index (Phi) is 5.20. The fraction of sp³-hybridized carbons (Fsp3) is 0.208. The lowest BCUT2D eigenvalue weighted by molar-refractivity contribution is -0.113. The Morgan fingerprint density at radius 1 is 1.25 bits per heavy atom. The zero-order chi connectivity index (χ0) is 22.1. The van der Waals surface area contributed by atoms with Crippen LogP contribution in [-0.4, -0.2) is 41.4 Å². The van der Waals surface area contributed by atoms with Crippen LogP contribution >= 0.6 is 0 Å². The molecule has 4 aromatic rings. The highest BCUT2D eigenvalue weighted by Crippen LogP contribution is 2.29. The SMILES string of the molecule is CC(=O)C1=CC=CC(NCc2nc(-c3ccc4ncnn4c3)c(-c3cccc(C)n3)[nH]2)C1. The number of aryl methyl sites for hydroxylation is 1. The molecule has 0 bridgehead atoms. The molecule has 4 heterocycles. The molecule has 0 saturated heterocycles. The van der Waals surface area contributed by atoms with Gasteiger partial charge in [-0.2, -0.15) is 5.10 Å². The zero-order valence-electron chi connectivity index (χ0n) is 17.9. The molecule has 1 atom stereocenters. The number of nitrogens with zero attached hydrogens (tertiary/aromatic N) is 5. The Bertz CT molecular complexity index is 1360. The van der Waals surface area contributed by atoms with Gasteiger partial charge in [0.15, 0.2) is 11.4 Å². The van der Waals surface area contributed by atoms with Gasteiger partial charge < -0.3 is 10.3 Å². The number of carbonyl (C=O) groups excluding carboxylic acids is 1. The highest BCUT2D eigenvalue weighted by atomic mass is 16.1. The summed E-state index contributed by atoms with van der Waals surface area (Å²) in [5.74, 6) is 0.905. The Balaban J connectivity index is 1.46. The van der Waals surface area contributed by atoms with E-state index in [4.69, 9.17) is 9.97 Å². The number of pyridine rings is 2. The number of ketones is 1. The number of aromatic amines is 1. The minimum atomic E-state index is 0.0829. The molecule has 5 rings (SSSR count). The average molecular weight is 425 g/mol. The molecule has 2 N–H and O–H groups in total. The van der Waals surface area contributed by atoms with Gasteiger partial charge in [0, 0.05) is 23.5 Å². The summed E-state index contributed by atoms with van der Waals surface area (Å²) in [6, 6.07) is 9.93. The third-order valence-electron chi connectivity index (χ3n) is 5.51. The Hall–Kier alpha value is -3.91. The first-order valence-corrected chi connectivity index (χ1v) is 10.5. The second-order valence-electron chi connectivity index (χ2n) is 7.88. The average Bonchev–Trinajstić information content (AvgIpc) is 3.44. The van der Waals surface area contributed by atoms with Crippen LogP contribution in [0.5, 0.6) is 0 Å². The summed E-state index contributed by atoms with van der Waals surface area (Å²) in [5.41, 5.74) is 5.95. The van der Waals surface area contributed by atoms with Crippen molar-refractivity contribution in [1.29, 1.82) is 0 Å². The molecule has 0 aliphatic heterocycles. The van der Waals surface area contributed by atoms with Crippen molar-refractivity contribution in [2.45, 2.75) is 32.9 Å². The molecule has 1 aliphatic rings. The second kappa shape index (κ2) is 8.32. The summed E-state index contributed by atoms with van der Waals surface area (Å²) in [5, 5.41) is 7.73. The van der Waals surface area contributed by atoms with E-state index >= 15 is 0 Å². The first kappa shape index (κ1) is 20.0. The highest BCUT2D eigenvalue weighted by Gasteiger charge is 2.18. The number of rotatable bonds is 6. The van der Waals surface area contributed by atoms with E-state index in [0.29, 0.717) is 13.0 Å². The maximum atomic E-state index is 11.7. The van der Waals surface area contributed by atoms with Crippen LogP contribution < -0.4 is 5.32 Å². The summed E-state index contributed by atoms with van der Waals surface area (Å²) in [4.78, 5) is 29.0. The number of H-pyrrole nitrogens is 1. The summed E-state index contributed by atoms with van der Waals surface area (Å²) in [7, 11) is 0. The molecule has 4 aromatic heterocycles. The quantitative estimate of drug-likeness (QED) is 0.491. The van der Waals surface area contributed by atoms with Crippen molar-refractivity contribution in [3.05, 3.63) is 78.2 Å². The highest BCUT2D eigenvalue weighted by molar-refractivity contribution is 5.93. The van der Waals surface area contributed by atoms with Gasteiger partial charge in [-0.05, 0) is 50.1 Å². The fourth-order valence-electron chi connectivity index (χ4n) is 3.85. The molecule has 0 spiro atoms. The van der Waals surface area contributed by atoms with Crippen LogP contribution in [0.25, 0.3) is 28.3 Å². The minimum Gasteiger partial charge on any atom is -0.339 e. The molecule has 8 heteroatoms. The molecular weight excluding hydrogens is 402 g/mol. The van der Waals surface area contributed by atoms with Crippen molar-refractivity contribution in [2.75, 3.05) is 0 Å². The molecule has 1 unspecified atom stereocenters. The first-order chi connectivity index (χ1) is 15.6. The first-order valence-electron chi connectivity index (χ1n) is 10.5. The Morgan fingerprint density at radius 3 is 3.00 bits per heavy atom. The molecular formula is C24H23N7O. The van der Waals surface area contributed by atoms with Crippen molar-refractivity contribution in [2.24, 2.45) is 0 Å². The fourth-order valence-corrected chi connectivity index (χ4v) is 3.85. The van der Waals surface area contributed by atoms with E-state index in [9.17, 15) is 4.79 Å². The zero-order valence-corrected chi connectivity index (χ0v) is 17.9. The monoisotopic (exact) mass is 425 g/mol. The summed E-state index contributed by atoms with van der Waals surface area (Å²) >= 11 is 0. The van der Waals surface area contributed by atoms with Crippen LogP contribution in [0.3, 0.4) is 0 Å². The van der Waals surface area contributed by atoms with Gasteiger partial charge in [-0.25, -0.2) is 14.5 Å². The van der Waals surface area contributed by atoms with Gasteiger partial charge >= 0.3 is 0 Å². The normalized spacial score (nSPS) is 15.8. The second-order valence-corrected chi connectivity index (χ2v) is 7.88. The molecule has 32 heavy (non-hydrogen) atoms. The molecule has 0 saturated carbocycles. The lowest BCUT2D eigenvalue weighted by atomic mass is 9.98. The molecule has 0 amide bonds. The maximum absolute atomic E-state index is 11.7. The van der Waals surface area contributed by atoms with Gasteiger partial charge in [-0.1, -0.05) is 24.3 Å². The third-order valence-corrected chi connectivity index (χ3v) is 5.51. The topological polar surface area (TPSA) is 101 Å². The van der Waals surface area contributed by atoms with E-state index in [2.05, 4.69) is 26.5 Å². The van der Waals surface area contributed by atoms with Crippen LogP contribution in [0.1, 0.15) is 24.9 Å². The Labute approximate surface area is 185 Å². The van der Waals surface area contributed by atoms with Gasteiger partial charge in [-0.3, -0.25) is 9.78 Å². The van der Waals surface area contributed by atoms with E-state index in [0.717, 1.165) is 45.4 Å². The van der Waals surface area contributed by atoms with Gasteiger partial charge in [0.05, 0.1) is 23.6 Å². The molecule has 1 aliphatic carbocycles. The number of hydrogen-bond donors (Lipinski definition) is 2. The maximum Gasteiger partial charge on any atom is 0.155 e. The van der Waals surface area contributed by atoms with E-state index < -0.39 is 0 Å². The summed E-state index contributed by atoms with van der Waals surface area (Å²) in [6.45, 7) is 4.11. The smallest absolute Gasteiger partial charge is 0.155 e. The van der Waals surface area contributed by atoms with Crippen molar-refractivity contribution >= 4 is 11.4 Å². The van der Waals surface area contributed by atoms with Gasteiger partial charge in [0.2, 0.25) is 0 Å². The van der Waals surface area contributed by atoms with Crippen LogP contribution in [0.4, 0.5) is 0 Å². The standard InChI is InChI=1S/C24H23N7O/c1-15-5-3-8-20(28-15)24-23(18-9-10-22-26-14-27-31(22)13-18)29-21(30-24)12-25-19-7-4-6-17(11-19)16(2)32/h3-10,13-14,19,25H,11-12H2,1-2H3,(H,29,30). The van der Waals surface area contributed by atoms with Crippen molar-refractivity contribution in [3.63, 3.8) is 0 Å². The molecule has 8 nitrogen and oxygen atoms in total. The van der Waals surface area contributed by atoms with Gasteiger partial charge in [0.25, 0.3) is 0 Å². The van der Waals surface area contributed by atoms with Crippen molar-refractivity contribution in [3.8, 4) is 22.6 Å². The van der Waals surface area contributed by atoms with Gasteiger partial charge in [0.1, 0.15) is 12.2 Å². The third kappa shape index (κ3) is 4.00. The van der Waals surface area contributed by atoms with Crippen molar-refractivity contribution < 1.29 is 4.79 Å². The largest absolute Gasteiger partial charge is 0.339 e. The lowest BCUT2D eigenvalue weighted by Crippen LogP contribution is -2.29. The predicted octanol–water partition coefficient (Wildman–Crippen LogP) is 3.42. The number of nitrogens with one attached hydrogen (secondary N) is 2. The molecule has 0 aromatic carbocycles.